The van der Waals surface area contributed by atoms with E-state index in [4.69, 9.17) is 14.7 Å². The van der Waals surface area contributed by atoms with Crippen molar-refractivity contribution >= 4 is 11.2 Å². The quantitative estimate of drug-likeness (QED) is 0.559. The highest BCUT2D eigenvalue weighted by Gasteiger charge is 2.20. The molecule has 1 N–H and O–H groups in total. The van der Waals surface area contributed by atoms with Crippen LogP contribution in [-0.2, 0) is 0 Å². The van der Waals surface area contributed by atoms with Crippen LogP contribution in [0.1, 0.15) is 31.1 Å². The molecule has 4 rings (SSSR count). The van der Waals surface area contributed by atoms with Crippen LogP contribution in [0.4, 0.5) is 0 Å². The van der Waals surface area contributed by atoms with Crippen molar-refractivity contribution < 1.29 is 9.84 Å². The van der Waals surface area contributed by atoms with Gasteiger partial charge in [0, 0.05) is 30.2 Å². The molecule has 2 atom stereocenters. The van der Waals surface area contributed by atoms with Gasteiger partial charge >= 0.3 is 0 Å². The number of aliphatic hydroxyl groups is 1. The Hall–Kier alpha value is -3.19. The maximum absolute atomic E-state index is 10.0. The first-order valence-electron chi connectivity index (χ1n) is 9.63. The van der Waals surface area contributed by atoms with Crippen molar-refractivity contribution in [3.63, 3.8) is 0 Å². The fraction of sp³-hybridized carbons (Fsp3) is 0.318. The number of benzene rings is 1. The van der Waals surface area contributed by atoms with Crippen molar-refractivity contribution in [1.82, 2.24) is 24.3 Å². The van der Waals surface area contributed by atoms with E-state index in [2.05, 4.69) is 5.10 Å². The predicted octanol–water partition coefficient (Wildman–Crippen LogP) is 3.85. The van der Waals surface area contributed by atoms with Crippen molar-refractivity contribution in [3.05, 3.63) is 54.1 Å². The van der Waals surface area contributed by atoms with Crippen molar-refractivity contribution in [2.24, 2.45) is 0 Å². The smallest absolute Gasteiger partial charge is 0.159 e. The molecule has 0 saturated carbocycles. The number of aromatic nitrogens is 5. The average Bonchev–Trinajstić information content (AvgIpc) is 3.35. The molecule has 0 amide bonds. The van der Waals surface area contributed by atoms with E-state index in [-0.39, 0.29) is 6.04 Å². The molecule has 29 heavy (non-hydrogen) atoms. The van der Waals surface area contributed by atoms with Gasteiger partial charge < -0.3 is 14.4 Å². The molecule has 0 bridgehead atoms. The summed E-state index contributed by atoms with van der Waals surface area (Å²) in [4.78, 5) is 9.78. The van der Waals surface area contributed by atoms with Crippen LogP contribution in [0, 0.1) is 13.8 Å². The Morgan fingerprint density at radius 1 is 1.14 bits per heavy atom. The number of aryl methyl sites for hydroxylation is 2. The molecule has 0 unspecified atom stereocenters. The number of aliphatic hydroxyl groups excluding tert-OH is 1. The first-order chi connectivity index (χ1) is 13.9. The zero-order chi connectivity index (χ0) is 20.7. The molecule has 7 nitrogen and oxygen atoms in total. The summed E-state index contributed by atoms with van der Waals surface area (Å²) in [5.41, 5.74) is 6.02. The molecule has 0 radical (unpaired) electrons. The molecule has 0 spiro atoms. The third-order valence-corrected chi connectivity index (χ3v) is 5.35. The summed E-state index contributed by atoms with van der Waals surface area (Å²) in [6, 6.07) is 7.72. The lowest BCUT2D eigenvalue weighted by Crippen LogP contribution is -2.18. The normalized spacial score (nSPS) is 13.6. The van der Waals surface area contributed by atoms with Gasteiger partial charge in [0.25, 0.3) is 0 Å². The number of nitrogens with zero attached hydrogens (tertiary/aromatic N) is 5. The summed E-state index contributed by atoms with van der Waals surface area (Å²) in [6.07, 6.45) is 5.15. The van der Waals surface area contributed by atoms with Gasteiger partial charge in [-0.25, -0.2) is 14.6 Å². The molecule has 150 valence electrons. The summed E-state index contributed by atoms with van der Waals surface area (Å²) < 4.78 is 9.45. The molecule has 7 heteroatoms. The Kier molecular flexibility index (Phi) is 4.84. The summed E-state index contributed by atoms with van der Waals surface area (Å²) in [5, 5.41) is 14.3. The van der Waals surface area contributed by atoms with Gasteiger partial charge in [0.2, 0.25) is 0 Å². The van der Waals surface area contributed by atoms with Crippen LogP contribution in [-0.4, -0.2) is 42.6 Å². The topological polar surface area (TPSA) is 78.0 Å². The van der Waals surface area contributed by atoms with E-state index in [0.717, 1.165) is 39.4 Å². The molecule has 3 heterocycles. The van der Waals surface area contributed by atoms with E-state index >= 15 is 0 Å². The second kappa shape index (κ2) is 7.33. The number of ether oxygens (including phenoxy) is 1. The summed E-state index contributed by atoms with van der Waals surface area (Å²) in [6.45, 7) is 7.72. The number of hydrogen-bond acceptors (Lipinski definition) is 5. The van der Waals surface area contributed by atoms with Crippen LogP contribution < -0.4 is 4.74 Å². The highest BCUT2D eigenvalue weighted by Crippen LogP contribution is 2.34. The van der Waals surface area contributed by atoms with E-state index < -0.39 is 6.10 Å². The van der Waals surface area contributed by atoms with E-state index in [9.17, 15) is 5.11 Å². The Morgan fingerprint density at radius 3 is 2.59 bits per heavy atom. The van der Waals surface area contributed by atoms with Gasteiger partial charge in [0.1, 0.15) is 11.3 Å². The van der Waals surface area contributed by atoms with Gasteiger partial charge in [-0.1, -0.05) is 0 Å². The maximum atomic E-state index is 10.0. The molecule has 0 aliphatic carbocycles. The molecule has 0 aliphatic heterocycles. The molecule has 0 aliphatic rings. The van der Waals surface area contributed by atoms with Crippen molar-refractivity contribution in [2.45, 2.75) is 39.8 Å². The Bertz CT molecular complexity index is 1160. The van der Waals surface area contributed by atoms with E-state index in [0.29, 0.717) is 5.75 Å². The fourth-order valence-corrected chi connectivity index (χ4v) is 3.52. The number of methoxy groups -OCH3 is 1. The minimum Gasteiger partial charge on any atom is -0.496 e. The summed E-state index contributed by atoms with van der Waals surface area (Å²) in [7, 11) is 1.65. The molecular formula is C22H25N5O2. The standard InChI is InChI=1S/C22H25N5O2/c1-13-12-26(15(3)16(4)28)22-20(13)25-21(14(2)24-22)18-8-7-17(11-19(18)29-5)27-10-6-9-23-27/h6-12,15-16,28H,1-5H3/t15-,16+/m0/s1. The van der Waals surface area contributed by atoms with Crippen LogP contribution >= 0.6 is 0 Å². The van der Waals surface area contributed by atoms with E-state index in [1.165, 1.54) is 0 Å². The molecular weight excluding hydrogens is 366 g/mol. The average molecular weight is 391 g/mol. The zero-order valence-corrected chi connectivity index (χ0v) is 17.3. The van der Waals surface area contributed by atoms with Gasteiger partial charge in [0.15, 0.2) is 5.65 Å². The van der Waals surface area contributed by atoms with Crippen molar-refractivity contribution in [3.8, 4) is 22.7 Å². The Morgan fingerprint density at radius 2 is 1.93 bits per heavy atom. The molecule has 4 aromatic rings. The summed E-state index contributed by atoms with van der Waals surface area (Å²) in [5.74, 6) is 0.712. The lowest BCUT2D eigenvalue weighted by atomic mass is 10.1. The highest BCUT2D eigenvalue weighted by molar-refractivity contribution is 5.81. The first-order valence-corrected chi connectivity index (χ1v) is 9.63. The monoisotopic (exact) mass is 391 g/mol. The second-order valence-corrected chi connectivity index (χ2v) is 7.37. The first kappa shape index (κ1) is 19.1. The van der Waals surface area contributed by atoms with E-state index in [1.54, 1.807) is 24.9 Å². The van der Waals surface area contributed by atoms with E-state index in [1.807, 2.05) is 62.0 Å². The Balaban J connectivity index is 1.86. The second-order valence-electron chi connectivity index (χ2n) is 7.37. The number of fused-ring (bicyclic) bond motifs is 1. The Labute approximate surface area is 169 Å². The van der Waals surface area contributed by atoms with Crippen LogP contribution in [0.25, 0.3) is 28.1 Å². The highest BCUT2D eigenvalue weighted by atomic mass is 16.5. The molecule has 0 fully saturated rings. The number of hydrogen-bond donors (Lipinski definition) is 1. The largest absolute Gasteiger partial charge is 0.496 e. The fourth-order valence-electron chi connectivity index (χ4n) is 3.52. The van der Waals surface area contributed by atoms with Crippen molar-refractivity contribution in [1.29, 1.82) is 0 Å². The predicted molar refractivity (Wildman–Crippen MR) is 113 cm³/mol. The third kappa shape index (κ3) is 3.27. The minimum atomic E-state index is -0.485. The summed E-state index contributed by atoms with van der Waals surface area (Å²) >= 11 is 0. The van der Waals surface area contributed by atoms with Gasteiger partial charge in [-0.3, -0.25) is 0 Å². The van der Waals surface area contributed by atoms with Crippen molar-refractivity contribution in [2.75, 3.05) is 7.11 Å². The molecule has 3 aromatic heterocycles. The molecule has 0 saturated heterocycles. The third-order valence-electron chi connectivity index (χ3n) is 5.35. The number of rotatable bonds is 5. The van der Waals surface area contributed by atoms with Gasteiger partial charge in [-0.15, -0.1) is 0 Å². The lowest BCUT2D eigenvalue weighted by molar-refractivity contribution is 0.141. The van der Waals surface area contributed by atoms with Gasteiger partial charge in [-0.2, -0.15) is 5.10 Å². The van der Waals surface area contributed by atoms with Gasteiger partial charge in [-0.05, 0) is 51.5 Å². The minimum absolute atomic E-state index is 0.0892. The zero-order valence-electron chi connectivity index (χ0n) is 17.3. The molecule has 1 aromatic carbocycles. The lowest BCUT2D eigenvalue weighted by Gasteiger charge is -2.18. The van der Waals surface area contributed by atoms with Gasteiger partial charge in [0.05, 0.1) is 36.3 Å². The van der Waals surface area contributed by atoms with Crippen LogP contribution in [0.3, 0.4) is 0 Å². The maximum Gasteiger partial charge on any atom is 0.159 e. The van der Waals surface area contributed by atoms with Crippen LogP contribution in [0.5, 0.6) is 5.75 Å². The van der Waals surface area contributed by atoms with Crippen LogP contribution in [0.2, 0.25) is 0 Å². The SMILES string of the molecule is COc1cc(-n2cccn2)ccc1-c1nc2c(C)cn([C@@H](C)[C@@H](C)O)c2nc1C. The van der Waals surface area contributed by atoms with Crippen LogP contribution in [0.15, 0.2) is 42.9 Å².